The Morgan fingerprint density at radius 2 is 1.94 bits per heavy atom. The minimum Gasteiger partial charge on any atom is -0.477 e. The van der Waals surface area contributed by atoms with Gasteiger partial charge in [0.2, 0.25) is 11.3 Å². The van der Waals surface area contributed by atoms with Crippen LogP contribution in [0.25, 0.3) is 32.6 Å². The van der Waals surface area contributed by atoms with Crippen LogP contribution in [0.1, 0.15) is 23.0 Å². The van der Waals surface area contributed by atoms with Crippen LogP contribution in [0.5, 0.6) is 0 Å². The highest BCUT2D eigenvalue weighted by molar-refractivity contribution is 7.13. The maximum absolute atomic E-state index is 13.1. The number of carboxylic acid groups (broad SMARTS) is 1. The summed E-state index contributed by atoms with van der Waals surface area (Å²) in [7, 11) is 0. The molecule has 0 fully saturated rings. The lowest BCUT2D eigenvalue weighted by Gasteiger charge is -2.11. The van der Waals surface area contributed by atoms with Gasteiger partial charge in [0.15, 0.2) is 5.69 Å². The number of carbonyl (C=O) groups excluding carboxylic acids is 1. The number of rotatable bonds is 4. The summed E-state index contributed by atoms with van der Waals surface area (Å²) in [5.41, 5.74) is -0.853. The van der Waals surface area contributed by atoms with Crippen molar-refractivity contribution in [1.29, 1.82) is 0 Å². The van der Waals surface area contributed by atoms with Gasteiger partial charge in [-0.05, 0) is 23.8 Å². The van der Waals surface area contributed by atoms with Gasteiger partial charge in [-0.15, -0.1) is 11.3 Å². The SMILES string of the molecule is CC(=O)Nc1cc(-c2nc(C(F)(F)F)cs2)c(-c2ccc3[nH]cc(C(=O)O)c(=O)c3c2)cn1. The molecule has 3 aromatic heterocycles. The predicted molar refractivity (Wildman–Crippen MR) is 115 cm³/mol. The number of nitrogens with zero attached hydrogens (tertiary/aromatic N) is 2. The van der Waals surface area contributed by atoms with E-state index in [2.05, 4.69) is 20.3 Å². The normalized spacial score (nSPS) is 11.5. The highest BCUT2D eigenvalue weighted by Gasteiger charge is 2.34. The zero-order valence-corrected chi connectivity index (χ0v) is 17.5. The summed E-state index contributed by atoms with van der Waals surface area (Å²) in [5.74, 6) is -1.71. The number of hydrogen-bond acceptors (Lipinski definition) is 6. The van der Waals surface area contributed by atoms with E-state index in [1.54, 1.807) is 12.1 Å². The van der Waals surface area contributed by atoms with Crippen molar-refractivity contribution in [1.82, 2.24) is 15.0 Å². The minimum atomic E-state index is -4.63. The molecule has 4 aromatic rings. The number of pyridine rings is 2. The van der Waals surface area contributed by atoms with Gasteiger partial charge in [-0.3, -0.25) is 9.59 Å². The van der Waals surface area contributed by atoms with Crippen molar-refractivity contribution in [3.05, 3.63) is 63.5 Å². The molecule has 0 aliphatic heterocycles. The highest BCUT2D eigenvalue weighted by Crippen LogP contribution is 2.38. The molecule has 0 unspecified atom stereocenters. The van der Waals surface area contributed by atoms with Crippen molar-refractivity contribution in [2.45, 2.75) is 13.1 Å². The Labute approximate surface area is 186 Å². The van der Waals surface area contributed by atoms with Gasteiger partial charge in [-0.2, -0.15) is 13.2 Å². The lowest BCUT2D eigenvalue weighted by atomic mass is 9.99. The number of H-pyrrole nitrogens is 1. The average Bonchev–Trinajstić information content (AvgIpc) is 3.24. The molecule has 3 N–H and O–H groups in total. The van der Waals surface area contributed by atoms with E-state index in [-0.39, 0.29) is 21.8 Å². The monoisotopic (exact) mass is 474 g/mol. The number of aromatic amines is 1. The topological polar surface area (TPSA) is 125 Å². The van der Waals surface area contributed by atoms with Crippen LogP contribution in [0.15, 0.2) is 46.8 Å². The molecule has 33 heavy (non-hydrogen) atoms. The van der Waals surface area contributed by atoms with Crippen molar-refractivity contribution in [3.8, 4) is 21.7 Å². The summed E-state index contributed by atoms with van der Waals surface area (Å²) in [4.78, 5) is 45.9. The van der Waals surface area contributed by atoms with Gasteiger partial charge in [0, 0.05) is 46.7 Å². The summed E-state index contributed by atoms with van der Waals surface area (Å²) < 4.78 is 39.3. The Hall–Kier alpha value is -4.06. The number of aromatic nitrogens is 3. The summed E-state index contributed by atoms with van der Waals surface area (Å²) >= 11 is 0.762. The first kappa shape index (κ1) is 22.1. The smallest absolute Gasteiger partial charge is 0.434 e. The third-order valence-electron chi connectivity index (χ3n) is 4.66. The molecule has 8 nitrogen and oxygen atoms in total. The second kappa shape index (κ2) is 8.13. The fourth-order valence-corrected chi connectivity index (χ4v) is 4.04. The van der Waals surface area contributed by atoms with E-state index >= 15 is 0 Å². The molecule has 0 aliphatic rings. The number of aromatic carboxylic acids is 1. The first-order valence-electron chi connectivity index (χ1n) is 9.24. The van der Waals surface area contributed by atoms with Crippen LogP contribution in [-0.4, -0.2) is 31.9 Å². The summed E-state index contributed by atoms with van der Waals surface area (Å²) in [6.45, 7) is 1.26. The maximum Gasteiger partial charge on any atom is 0.434 e. The van der Waals surface area contributed by atoms with Crippen LogP contribution in [0.2, 0.25) is 0 Å². The lowest BCUT2D eigenvalue weighted by Crippen LogP contribution is -2.15. The fourth-order valence-electron chi connectivity index (χ4n) is 3.18. The van der Waals surface area contributed by atoms with Gasteiger partial charge in [-0.25, -0.2) is 14.8 Å². The maximum atomic E-state index is 13.1. The molecule has 3 heterocycles. The van der Waals surface area contributed by atoms with Crippen LogP contribution < -0.4 is 10.7 Å². The summed E-state index contributed by atoms with van der Waals surface area (Å²) in [6, 6.07) is 5.97. The molecule has 0 spiro atoms. The molecular formula is C21H13F3N4O4S. The van der Waals surface area contributed by atoms with Crippen molar-refractivity contribution in [2.75, 3.05) is 5.32 Å². The number of hydrogen-bond donors (Lipinski definition) is 3. The minimum absolute atomic E-state index is 0.0274. The molecule has 0 radical (unpaired) electrons. The molecule has 12 heteroatoms. The van der Waals surface area contributed by atoms with E-state index in [0.29, 0.717) is 16.6 Å². The molecule has 1 aromatic carbocycles. The number of thiazole rings is 1. The van der Waals surface area contributed by atoms with Gasteiger partial charge in [0.1, 0.15) is 16.4 Å². The molecular weight excluding hydrogens is 461 g/mol. The molecule has 168 valence electrons. The third-order valence-corrected chi connectivity index (χ3v) is 5.53. The van der Waals surface area contributed by atoms with Crippen LogP contribution >= 0.6 is 11.3 Å². The van der Waals surface area contributed by atoms with E-state index in [1.807, 2.05) is 0 Å². The standard InChI is InChI=1S/C21H13F3N4O4S/c1-9(29)27-17-5-11(19-28-16(8-33-19)21(22,23)24)13(6-26-17)10-2-3-15-12(4-10)18(30)14(7-25-15)20(31)32/h2-8H,1H3,(H,25,30)(H,31,32)(H,26,27,29). The summed E-state index contributed by atoms with van der Waals surface area (Å²) in [6.07, 6.45) is -2.20. The molecule has 0 aliphatic carbocycles. The van der Waals surface area contributed by atoms with Crippen molar-refractivity contribution < 1.29 is 27.9 Å². The third kappa shape index (κ3) is 4.32. The molecule has 0 saturated carbocycles. The number of anilines is 1. The Bertz CT molecular complexity index is 1480. The molecule has 1 amide bonds. The number of carbonyl (C=O) groups is 2. The largest absolute Gasteiger partial charge is 0.477 e. The Morgan fingerprint density at radius 3 is 2.58 bits per heavy atom. The van der Waals surface area contributed by atoms with E-state index in [1.165, 1.54) is 25.3 Å². The fraction of sp³-hybridized carbons (Fsp3) is 0.0952. The first-order valence-corrected chi connectivity index (χ1v) is 10.1. The van der Waals surface area contributed by atoms with E-state index in [9.17, 15) is 32.7 Å². The molecule has 0 atom stereocenters. The summed E-state index contributed by atoms with van der Waals surface area (Å²) in [5, 5.41) is 12.7. The van der Waals surface area contributed by atoms with Gasteiger partial charge in [-0.1, -0.05) is 6.07 Å². The predicted octanol–water partition coefficient (Wildman–Crippen LogP) is 4.39. The van der Waals surface area contributed by atoms with Gasteiger partial charge in [0.25, 0.3) is 0 Å². The number of nitrogens with one attached hydrogen (secondary N) is 2. The second-order valence-corrected chi connectivity index (χ2v) is 7.79. The number of halogens is 3. The van der Waals surface area contributed by atoms with Crippen LogP contribution in [0.4, 0.5) is 19.0 Å². The zero-order chi connectivity index (χ0) is 23.9. The first-order chi connectivity index (χ1) is 15.5. The van der Waals surface area contributed by atoms with Gasteiger partial charge in [0.05, 0.1) is 0 Å². The molecule has 4 rings (SSSR count). The number of benzene rings is 1. The van der Waals surface area contributed by atoms with Gasteiger partial charge < -0.3 is 15.4 Å². The van der Waals surface area contributed by atoms with Crippen LogP contribution in [-0.2, 0) is 11.0 Å². The van der Waals surface area contributed by atoms with Crippen LogP contribution in [0, 0.1) is 0 Å². The second-order valence-electron chi connectivity index (χ2n) is 6.93. The number of amides is 1. The van der Waals surface area contributed by atoms with Crippen molar-refractivity contribution in [3.63, 3.8) is 0 Å². The zero-order valence-electron chi connectivity index (χ0n) is 16.6. The van der Waals surface area contributed by atoms with E-state index in [4.69, 9.17) is 0 Å². The highest BCUT2D eigenvalue weighted by atomic mass is 32.1. The Balaban J connectivity index is 1.93. The number of alkyl halides is 3. The Kier molecular flexibility index (Phi) is 5.46. The number of fused-ring (bicyclic) bond motifs is 1. The molecule has 0 bridgehead atoms. The van der Waals surface area contributed by atoms with Crippen molar-refractivity contribution in [2.24, 2.45) is 0 Å². The lowest BCUT2D eigenvalue weighted by molar-refractivity contribution is -0.140. The average molecular weight is 474 g/mol. The van der Waals surface area contributed by atoms with Gasteiger partial charge >= 0.3 is 12.1 Å². The Morgan fingerprint density at radius 1 is 1.18 bits per heavy atom. The van der Waals surface area contributed by atoms with E-state index in [0.717, 1.165) is 22.9 Å². The quantitative estimate of drug-likeness (QED) is 0.403. The molecule has 0 saturated heterocycles. The number of carboxylic acids is 1. The van der Waals surface area contributed by atoms with Crippen molar-refractivity contribution >= 4 is 39.9 Å². The van der Waals surface area contributed by atoms with Crippen LogP contribution in [0.3, 0.4) is 0 Å². The van der Waals surface area contributed by atoms with E-state index < -0.39 is 34.7 Å².